The lowest BCUT2D eigenvalue weighted by atomic mass is 9.98. The first-order valence-corrected chi connectivity index (χ1v) is 9.05. The Kier molecular flexibility index (Phi) is 10.2. The van der Waals surface area contributed by atoms with Crippen LogP contribution in [0.5, 0.6) is 0 Å². The highest BCUT2D eigenvalue weighted by atomic mass is 14.9. The van der Waals surface area contributed by atoms with Gasteiger partial charge in [0, 0.05) is 6.04 Å². The summed E-state index contributed by atoms with van der Waals surface area (Å²) in [6, 6.07) is 9.60. The fourth-order valence-electron chi connectivity index (χ4n) is 3.04. The van der Waals surface area contributed by atoms with Crippen molar-refractivity contribution in [1.29, 1.82) is 0 Å². The SMILES string of the molecule is CCCCCCCCCC(Cc1cccc(C)c1)NCC. The number of hydrogen-bond acceptors (Lipinski definition) is 1. The van der Waals surface area contributed by atoms with Gasteiger partial charge in [-0.2, -0.15) is 0 Å². The van der Waals surface area contributed by atoms with Crippen LogP contribution in [0.2, 0.25) is 0 Å². The highest BCUT2D eigenvalue weighted by Gasteiger charge is 2.08. The molecule has 0 aliphatic heterocycles. The molecule has 0 aliphatic rings. The second-order valence-corrected chi connectivity index (χ2v) is 6.36. The highest BCUT2D eigenvalue weighted by Crippen LogP contribution is 2.13. The van der Waals surface area contributed by atoms with Crippen molar-refractivity contribution in [3.05, 3.63) is 35.4 Å². The first-order chi connectivity index (χ1) is 10.3. The molecule has 0 bridgehead atoms. The first kappa shape index (κ1) is 18.2. The number of unbranched alkanes of at least 4 members (excludes halogenated alkanes) is 6. The van der Waals surface area contributed by atoms with E-state index in [0.717, 1.165) is 6.54 Å². The predicted molar refractivity (Wildman–Crippen MR) is 95.0 cm³/mol. The molecular weight excluding hydrogens is 254 g/mol. The molecule has 0 fully saturated rings. The van der Waals surface area contributed by atoms with E-state index in [1.165, 1.54) is 68.9 Å². The summed E-state index contributed by atoms with van der Waals surface area (Å²) in [6.45, 7) is 7.76. The molecule has 120 valence electrons. The summed E-state index contributed by atoms with van der Waals surface area (Å²) in [7, 11) is 0. The van der Waals surface area contributed by atoms with Gasteiger partial charge in [0.1, 0.15) is 0 Å². The van der Waals surface area contributed by atoms with Crippen LogP contribution in [0.1, 0.15) is 76.3 Å². The van der Waals surface area contributed by atoms with E-state index in [2.05, 4.69) is 50.4 Å². The van der Waals surface area contributed by atoms with Crippen LogP contribution in [0.3, 0.4) is 0 Å². The largest absolute Gasteiger partial charge is 0.314 e. The Morgan fingerprint density at radius 2 is 1.67 bits per heavy atom. The van der Waals surface area contributed by atoms with E-state index in [9.17, 15) is 0 Å². The van der Waals surface area contributed by atoms with Crippen molar-refractivity contribution in [2.24, 2.45) is 0 Å². The molecule has 1 atom stereocenters. The maximum absolute atomic E-state index is 3.66. The van der Waals surface area contributed by atoms with E-state index in [0.29, 0.717) is 6.04 Å². The van der Waals surface area contributed by atoms with Gasteiger partial charge in [-0.3, -0.25) is 0 Å². The Hall–Kier alpha value is -0.820. The minimum atomic E-state index is 0.646. The van der Waals surface area contributed by atoms with Crippen molar-refractivity contribution >= 4 is 0 Å². The molecule has 0 spiro atoms. The van der Waals surface area contributed by atoms with Crippen LogP contribution < -0.4 is 5.32 Å². The van der Waals surface area contributed by atoms with Crippen LogP contribution in [-0.4, -0.2) is 12.6 Å². The average molecular weight is 290 g/mol. The van der Waals surface area contributed by atoms with E-state index in [-0.39, 0.29) is 0 Å². The van der Waals surface area contributed by atoms with E-state index in [1.54, 1.807) is 0 Å². The highest BCUT2D eigenvalue weighted by molar-refractivity contribution is 5.22. The first-order valence-electron chi connectivity index (χ1n) is 9.05. The molecule has 1 nitrogen and oxygen atoms in total. The predicted octanol–water partition coefficient (Wildman–Crippen LogP) is 5.66. The molecule has 21 heavy (non-hydrogen) atoms. The third-order valence-corrected chi connectivity index (χ3v) is 4.21. The van der Waals surface area contributed by atoms with Crippen LogP contribution in [0.4, 0.5) is 0 Å². The van der Waals surface area contributed by atoms with E-state index >= 15 is 0 Å². The van der Waals surface area contributed by atoms with E-state index < -0.39 is 0 Å². The molecule has 0 saturated heterocycles. The molecule has 1 unspecified atom stereocenters. The molecule has 0 saturated carbocycles. The minimum absolute atomic E-state index is 0.646. The second-order valence-electron chi connectivity index (χ2n) is 6.36. The molecule has 1 rings (SSSR count). The van der Waals surface area contributed by atoms with Gasteiger partial charge in [0.15, 0.2) is 0 Å². The molecule has 1 N–H and O–H groups in total. The Balaban J connectivity index is 2.23. The molecule has 0 amide bonds. The second kappa shape index (κ2) is 11.8. The van der Waals surface area contributed by atoms with Crippen LogP contribution >= 0.6 is 0 Å². The third-order valence-electron chi connectivity index (χ3n) is 4.21. The van der Waals surface area contributed by atoms with Gasteiger partial charge in [-0.1, -0.05) is 88.6 Å². The van der Waals surface area contributed by atoms with Crippen molar-refractivity contribution in [3.8, 4) is 0 Å². The smallest absolute Gasteiger partial charge is 0.0107 e. The van der Waals surface area contributed by atoms with Gasteiger partial charge < -0.3 is 5.32 Å². The number of nitrogens with one attached hydrogen (secondary N) is 1. The lowest BCUT2D eigenvalue weighted by Gasteiger charge is -2.18. The van der Waals surface area contributed by atoms with Crippen LogP contribution in [-0.2, 0) is 6.42 Å². The molecule has 0 radical (unpaired) electrons. The van der Waals surface area contributed by atoms with Crippen molar-refractivity contribution < 1.29 is 0 Å². The van der Waals surface area contributed by atoms with Gasteiger partial charge in [0.2, 0.25) is 0 Å². The molecule has 1 aromatic rings. The molecule has 0 aromatic heterocycles. The van der Waals surface area contributed by atoms with Gasteiger partial charge >= 0.3 is 0 Å². The van der Waals surface area contributed by atoms with Crippen molar-refractivity contribution in [1.82, 2.24) is 5.32 Å². The Morgan fingerprint density at radius 1 is 0.952 bits per heavy atom. The summed E-state index contributed by atoms with van der Waals surface area (Å²) in [6.07, 6.45) is 12.3. The van der Waals surface area contributed by atoms with E-state index in [4.69, 9.17) is 0 Å². The van der Waals surface area contributed by atoms with Crippen LogP contribution in [0.15, 0.2) is 24.3 Å². The summed E-state index contributed by atoms with van der Waals surface area (Å²) >= 11 is 0. The van der Waals surface area contributed by atoms with Gasteiger partial charge in [-0.05, 0) is 31.9 Å². The zero-order chi connectivity index (χ0) is 15.3. The quantitative estimate of drug-likeness (QED) is 0.490. The molecule has 1 heteroatoms. The van der Waals surface area contributed by atoms with Crippen molar-refractivity contribution in [2.75, 3.05) is 6.54 Å². The van der Waals surface area contributed by atoms with Crippen molar-refractivity contribution in [3.63, 3.8) is 0 Å². The average Bonchev–Trinajstić information content (AvgIpc) is 2.46. The van der Waals surface area contributed by atoms with Gasteiger partial charge in [-0.25, -0.2) is 0 Å². The van der Waals surface area contributed by atoms with Gasteiger partial charge in [0.25, 0.3) is 0 Å². The Labute approximate surface area is 132 Å². The summed E-state index contributed by atoms with van der Waals surface area (Å²) in [4.78, 5) is 0. The van der Waals surface area contributed by atoms with E-state index in [1.807, 2.05) is 0 Å². The summed E-state index contributed by atoms with van der Waals surface area (Å²) in [5.74, 6) is 0. The van der Waals surface area contributed by atoms with Crippen LogP contribution in [0, 0.1) is 6.92 Å². The maximum atomic E-state index is 3.66. The maximum Gasteiger partial charge on any atom is 0.0107 e. The number of rotatable bonds is 12. The molecule has 0 heterocycles. The normalized spacial score (nSPS) is 12.5. The molecule has 0 aliphatic carbocycles. The number of aryl methyl sites for hydroxylation is 1. The van der Waals surface area contributed by atoms with Crippen LogP contribution in [0.25, 0.3) is 0 Å². The Bertz CT molecular complexity index is 359. The van der Waals surface area contributed by atoms with Crippen molar-refractivity contribution in [2.45, 2.75) is 84.6 Å². The summed E-state index contributed by atoms with van der Waals surface area (Å²) < 4.78 is 0. The summed E-state index contributed by atoms with van der Waals surface area (Å²) in [5, 5.41) is 3.66. The van der Waals surface area contributed by atoms with Gasteiger partial charge in [0.05, 0.1) is 0 Å². The number of likely N-dealkylation sites (N-methyl/N-ethyl adjacent to an activating group) is 1. The monoisotopic (exact) mass is 289 g/mol. The topological polar surface area (TPSA) is 12.0 Å². The summed E-state index contributed by atoms with van der Waals surface area (Å²) in [5.41, 5.74) is 2.85. The fraction of sp³-hybridized carbons (Fsp3) is 0.700. The number of hydrogen-bond donors (Lipinski definition) is 1. The zero-order valence-electron chi connectivity index (χ0n) is 14.5. The molecular formula is C20H35N. The number of benzene rings is 1. The zero-order valence-corrected chi connectivity index (χ0v) is 14.5. The standard InChI is InChI=1S/C20H35N/c1-4-6-7-8-9-10-11-15-20(21-5-2)17-19-14-12-13-18(3)16-19/h12-14,16,20-21H,4-11,15,17H2,1-3H3. The lowest BCUT2D eigenvalue weighted by molar-refractivity contribution is 0.459. The van der Waals surface area contributed by atoms with Gasteiger partial charge in [-0.15, -0.1) is 0 Å². The molecule has 1 aromatic carbocycles. The lowest BCUT2D eigenvalue weighted by Crippen LogP contribution is -2.30. The Morgan fingerprint density at radius 3 is 2.33 bits per heavy atom. The third kappa shape index (κ3) is 8.93. The minimum Gasteiger partial charge on any atom is -0.314 e. The fourth-order valence-corrected chi connectivity index (χ4v) is 3.04.